The summed E-state index contributed by atoms with van der Waals surface area (Å²) in [5.74, 6) is -1.86. The lowest BCUT2D eigenvalue weighted by atomic mass is 9.83. The second-order valence-electron chi connectivity index (χ2n) is 4.52. The Morgan fingerprint density at radius 1 is 1.39 bits per heavy atom. The van der Waals surface area contributed by atoms with Crippen molar-refractivity contribution in [3.05, 3.63) is 35.4 Å². The van der Waals surface area contributed by atoms with Crippen LogP contribution in [0.1, 0.15) is 25.0 Å². The molecule has 0 bridgehead atoms. The van der Waals surface area contributed by atoms with E-state index in [1.54, 1.807) is 6.92 Å². The van der Waals surface area contributed by atoms with Crippen LogP contribution in [-0.4, -0.2) is 23.7 Å². The molecule has 4 heteroatoms. The SMILES string of the molecule is CCOC(=O)C(C)(Cc1cccc(C)c1)C(=O)O. The van der Waals surface area contributed by atoms with Crippen molar-refractivity contribution in [1.82, 2.24) is 0 Å². The molecule has 98 valence electrons. The monoisotopic (exact) mass is 250 g/mol. The fraction of sp³-hybridized carbons (Fsp3) is 0.429. The maximum absolute atomic E-state index is 11.8. The molecule has 18 heavy (non-hydrogen) atoms. The topological polar surface area (TPSA) is 63.6 Å². The average Bonchev–Trinajstić information content (AvgIpc) is 2.28. The highest BCUT2D eigenvalue weighted by atomic mass is 16.5. The highest BCUT2D eigenvalue weighted by Gasteiger charge is 2.42. The Morgan fingerprint density at radius 3 is 2.56 bits per heavy atom. The van der Waals surface area contributed by atoms with Crippen LogP contribution in [0, 0.1) is 12.3 Å². The first-order chi connectivity index (χ1) is 8.40. The van der Waals surface area contributed by atoms with Gasteiger partial charge in [-0.1, -0.05) is 29.8 Å². The van der Waals surface area contributed by atoms with Crippen LogP contribution in [0.25, 0.3) is 0 Å². The van der Waals surface area contributed by atoms with Crippen LogP contribution in [0.5, 0.6) is 0 Å². The van der Waals surface area contributed by atoms with Crippen molar-refractivity contribution in [2.24, 2.45) is 5.41 Å². The lowest BCUT2D eigenvalue weighted by Crippen LogP contribution is -2.40. The minimum absolute atomic E-state index is 0.128. The fourth-order valence-electron chi connectivity index (χ4n) is 1.76. The van der Waals surface area contributed by atoms with Crippen LogP contribution < -0.4 is 0 Å². The molecule has 1 unspecified atom stereocenters. The van der Waals surface area contributed by atoms with Gasteiger partial charge in [0.2, 0.25) is 0 Å². The number of carboxylic acid groups (broad SMARTS) is 1. The predicted molar refractivity (Wildman–Crippen MR) is 67.3 cm³/mol. The van der Waals surface area contributed by atoms with Crippen molar-refractivity contribution in [3.8, 4) is 0 Å². The molecule has 1 N–H and O–H groups in total. The van der Waals surface area contributed by atoms with Crippen LogP contribution >= 0.6 is 0 Å². The summed E-state index contributed by atoms with van der Waals surface area (Å²) in [5.41, 5.74) is 0.307. The maximum Gasteiger partial charge on any atom is 0.323 e. The number of carbonyl (C=O) groups is 2. The third kappa shape index (κ3) is 3.09. The van der Waals surface area contributed by atoms with Gasteiger partial charge in [-0.25, -0.2) is 0 Å². The van der Waals surface area contributed by atoms with Gasteiger partial charge in [0, 0.05) is 0 Å². The molecule has 0 saturated heterocycles. The minimum atomic E-state index is -1.54. The van der Waals surface area contributed by atoms with Gasteiger partial charge in [-0.2, -0.15) is 0 Å². The van der Waals surface area contributed by atoms with Gasteiger partial charge < -0.3 is 9.84 Å². The molecule has 0 saturated carbocycles. The predicted octanol–water partition coefficient (Wildman–Crippen LogP) is 2.19. The summed E-state index contributed by atoms with van der Waals surface area (Å²) in [7, 11) is 0. The number of ether oxygens (including phenoxy) is 1. The Labute approximate surface area is 107 Å². The largest absolute Gasteiger partial charge is 0.480 e. The first-order valence-corrected chi connectivity index (χ1v) is 5.86. The van der Waals surface area contributed by atoms with Crippen molar-refractivity contribution < 1.29 is 19.4 Å². The minimum Gasteiger partial charge on any atom is -0.480 e. The Bertz CT molecular complexity index is 453. The van der Waals surface area contributed by atoms with Crippen molar-refractivity contribution in [3.63, 3.8) is 0 Å². The molecule has 0 aliphatic heterocycles. The quantitative estimate of drug-likeness (QED) is 0.642. The lowest BCUT2D eigenvalue weighted by molar-refractivity contribution is -0.167. The number of hydrogen-bond donors (Lipinski definition) is 1. The number of benzene rings is 1. The smallest absolute Gasteiger partial charge is 0.323 e. The molecule has 0 aliphatic carbocycles. The van der Waals surface area contributed by atoms with Crippen LogP contribution in [0.3, 0.4) is 0 Å². The Morgan fingerprint density at radius 2 is 2.06 bits per heavy atom. The zero-order chi connectivity index (χ0) is 13.8. The average molecular weight is 250 g/mol. The highest BCUT2D eigenvalue weighted by Crippen LogP contribution is 2.25. The van der Waals surface area contributed by atoms with Gasteiger partial charge in [-0.05, 0) is 32.8 Å². The van der Waals surface area contributed by atoms with Gasteiger partial charge in [0.25, 0.3) is 0 Å². The van der Waals surface area contributed by atoms with E-state index >= 15 is 0 Å². The van der Waals surface area contributed by atoms with Crippen LogP contribution in [-0.2, 0) is 20.7 Å². The van der Waals surface area contributed by atoms with Gasteiger partial charge in [0.1, 0.15) is 0 Å². The van der Waals surface area contributed by atoms with Crippen molar-refractivity contribution in [1.29, 1.82) is 0 Å². The van der Waals surface area contributed by atoms with E-state index in [0.29, 0.717) is 0 Å². The Kier molecular flexibility index (Phi) is 4.48. The number of carboxylic acids is 1. The van der Waals surface area contributed by atoms with Gasteiger partial charge in [-0.3, -0.25) is 9.59 Å². The van der Waals surface area contributed by atoms with E-state index in [-0.39, 0.29) is 13.0 Å². The molecular weight excluding hydrogens is 232 g/mol. The summed E-state index contributed by atoms with van der Waals surface area (Å²) in [6.07, 6.45) is 0.128. The molecule has 0 radical (unpaired) electrons. The first kappa shape index (κ1) is 14.2. The number of aliphatic carboxylic acids is 1. The van der Waals surface area contributed by atoms with E-state index in [1.807, 2.05) is 31.2 Å². The third-order valence-electron chi connectivity index (χ3n) is 2.84. The third-order valence-corrected chi connectivity index (χ3v) is 2.84. The van der Waals surface area contributed by atoms with Crippen LogP contribution in [0.15, 0.2) is 24.3 Å². The molecule has 1 atom stereocenters. The Balaban J connectivity index is 3.00. The lowest BCUT2D eigenvalue weighted by Gasteiger charge is -2.22. The molecule has 0 heterocycles. The molecule has 0 fully saturated rings. The van der Waals surface area contributed by atoms with E-state index in [0.717, 1.165) is 11.1 Å². The standard InChI is InChI=1S/C14H18O4/c1-4-18-13(17)14(3,12(15)16)9-11-7-5-6-10(2)8-11/h5-8H,4,9H2,1-3H3,(H,15,16). The van der Waals surface area contributed by atoms with E-state index in [9.17, 15) is 14.7 Å². The molecular formula is C14H18O4. The number of carbonyl (C=O) groups excluding carboxylic acids is 1. The zero-order valence-electron chi connectivity index (χ0n) is 10.9. The zero-order valence-corrected chi connectivity index (χ0v) is 10.9. The molecule has 0 amide bonds. The van der Waals surface area contributed by atoms with Crippen molar-refractivity contribution in [2.45, 2.75) is 27.2 Å². The van der Waals surface area contributed by atoms with E-state index in [4.69, 9.17) is 4.74 Å². The number of aryl methyl sites for hydroxylation is 1. The number of rotatable bonds is 5. The van der Waals surface area contributed by atoms with Gasteiger partial charge in [0.05, 0.1) is 6.61 Å². The number of hydrogen-bond acceptors (Lipinski definition) is 3. The maximum atomic E-state index is 11.8. The molecule has 1 aromatic carbocycles. The van der Waals surface area contributed by atoms with Crippen LogP contribution in [0.2, 0.25) is 0 Å². The highest BCUT2D eigenvalue weighted by molar-refractivity contribution is 5.99. The number of esters is 1. The molecule has 1 aromatic rings. The normalized spacial score (nSPS) is 13.7. The molecule has 4 nitrogen and oxygen atoms in total. The van der Waals surface area contributed by atoms with E-state index in [2.05, 4.69) is 0 Å². The Hall–Kier alpha value is -1.84. The molecule has 0 aromatic heterocycles. The second-order valence-corrected chi connectivity index (χ2v) is 4.52. The molecule has 1 rings (SSSR count). The summed E-state index contributed by atoms with van der Waals surface area (Å²) >= 11 is 0. The fourth-order valence-corrected chi connectivity index (χ4v) is 1.76. The van der Waals surface area contributed by atoms with Gasteiger partial charge >= 0.3 is 11.9 Å². The van der Waals surface area contributed by atoms with Gasteiger partial charge in [0.15, 0.2) is 5.41 Å². The second kappa shape index (κ2) is 5.67. The van der Waals surface area contributed by atoms with Crippen molar-refractivity contribution >= 4 is 11.9 Å². The van der Waals surface area contributed by atoms with Gasteiger partial charge in [-0.15, -0.1) is 0 Å². The van der Waals surface area contributed by atoms with Crippen LogP contribution in [0.4, 0.5) is 0 Å². The van der Waals surface area contributed by atoms with E-state index < -0.39 is 17.4 Å². The summed E-state index contributed by atoms with van der Waals surface area (Å²) in [6, 6.07) is 7.46. The molecule has 0 aliphatic rings. The summed E-state index contributed by atoms with van der Waals surface area (Å²) < 4.78 is 4.85. The first-order valence-electron chi connectivity index (χ1n) is 5.86. The summed E-state index contributed by atoms with van der Waals surface area (Å²) in [6.45, 7) is 5.16. The van der Waals surface area contributed by atoms with Crippen molar-refractivity contribution in [2.75, 3.05) is 6.61 Å². The van der Waals surface area contributed by atoms with E-state index in [1.165, 1.54) is 6.92 Å². The molecule has 0 spiro atoms. The summed E-state index contributed by atoms with van der Waals surface area (Å²) in [4.78, 5) is 23.1. The summed E-state index contributed by atoms with van der Waals surface area (Å²) in [5, 5.41) is 9.26.